The Labute approximate surface area is 166 Å². The van der Waals surface area contributed by atoms with Crippen LogP contribution in [0.15, 0.2) is 29.4 Å². The van der Waals surface area contributed by atoms with Crippen LogP contribution in [0.2, 0.25) is 0 Å². The van der Waals surface area contributed by atoms with Gasteiger partial charge in [-0.2, -0.15) is 13.5 Å². The number of aryl methyl sites for hydroxylation is 1. The second-order valence-corrected chi connectivity index (χ2v) is 7.68. The summed E-state index contributed by atoms with van der Waals surface area (Å²) in [5.74, 6) is 1.76. The Bertz CT molecular complexity index is 923. The molecule has 10 heteroatoms. The number of rotatable bonds is 8. The topological polar surface area (TPSA) is 70.7 Å². The Balaban J connectivity index is 1.76. The van der Waals surface area contributed by atoms with Gasteiger partial charge in [0.15, 0.2) is 11.0 Å². The fourth-order valence-corrected chi connectivity index (χ4v) is 3.72. The van der Waals surface area contributed by atoms with Crippen LogP contribution in [0.3, 0.4) is 0 Å². The number of hydrogen-bond donors (Lipinski definition) is 0. The number of benzene rings is 1. The fourth-order valence-electron chi connectivity index (χ4n) is 2.71. The van der Waals surface area contributed by atoms with Crippen LogP contribution in [0.5, 0.6) is 5.75 Å². The molecule has 0 unspecified atom stereocenters. The van der Waals surface area contributed by atoms with Gasteiger partial charge in [-0.15, -0.1) is 5.10 Å². The summed E-state index contributed by atoms with van der Waals surface area (Å²) in [6.45, 7) is 6.46. The Kier molecular flexibility index (Phi) is 6.28. The highest BCUT2D eigenvalue weighted by atomic mass is 32.2. The minimum atomic E-state index is -2.85. The number of thioether (sulfide) groups is 1. The van der Waals surface area contributed by atoms with E-state index in [-0.39, 0.29) is 5.75 Å². The number of nitrogens with zero attached hydrogens (tertiary/aromatic N) is 6. The zero-order valence-corrected chi connectivity index (χ0v) is 17.0. The van der Waals surface area contributed by atoms with E-state index in [1.54, 1.807) is 28.6 Å². The molecule has 150 valence electrons. The maximum Gasteiger partial charge on any atom is 0.387 e. The second-order valence-electron chi connectivity index (χ2n) is 6.74. The summed E-state index contributed by atoms with van der Waals surface area (Å²) in [7, 11) is 0. The molecule has 0 amide bonds. The highest BCUT2D eigenvalue weighted by Crippen LogP contribution is 2.26. The van der Waals surface area contributed by atoms with Crippen molar-refractivity contribution in [1.82, 2.24) is 29.8 Å². The average molecular weight is 408 g/mol. The van der Waals surface area contributed by atoms with Gasteiger partial charge in [0.05, 0.1) is 17.1 Å². The fraction of sp³-hybridized carbons (Fsp3) is 0.444. The number of tetrazole rings is 1. The minimum Gasteiger partial charge on any atom is -0.435 e. The first-order valence-corrected chi connectivity index (χ1v) is 9.82. The molecule has 0 saturated heterocycles. The van der Waals surface area contributed by atoms with Crippen molar-refractivity contribution in [2.45, 2.75) is 51.8 Å². The quantitative estimate of drug-likeness (QED) is 0.524. The zero-order valence-electron chi connectivity index (χ0n) is 16.1. The van der Waals surface area contributed by atoms with E-state index < -0.39 is 6.61 Å². The van der Waals surface area contributed by atoms with Crippen molar-refractivity contribution >= 4 is 11.8 Å². The van der Waals surface area contributed by atoms with Gasteiger partial charge in [-0.25, -0.2) is 4.98 Å². The van der Waals surface area contributed by atoms with Gasteiger partial charge in [0.2, 0.25) is 0 Å². The number of alkyl halides is 2. The number of aromatic nitrogens is 6. The van der Waals surface area contributed by atoms with Gasteiger partial charge in [-0.05, 0) is 54.5 Å². The molecule has 0 atom stereocenters. The van der Waals surface area contributed by atoms with Crippen molar-refractivity contribution in [3.63, 3.8) is 0 Å². The summed E-state index contributed by atoms with van der Waals surface area (Å²) in [5.41, 5.74) is 2.84. The molecule has 0 aliphatic carbocycles. The van der Waals surface area contributed by atoms with Gasteiger partial charge in [0, 0.05) is 12.2 Å². The van der Waals surface area contributed by atoms with Crippen LogP contribution in [0.1, 0.15) is 31.1 Å². The number of ether oxygens (including phenoxy) is 1. The maximum absolute atomic E-state index is 12.3. The first-order chi connectivity index (χ1) is 13.3. The molecule has 2 aromatic heterocycles. The van der Waals surface area contributed by atoms with Crippen LogP contribution in [0.25, 0.3) is 5.69 Å². The lowest BCUT2D eigenvalue weighted by Gasteiger charge is -2.12. The molecule has 1 aromatic carbocycles. The third-order valence-electron chi connectivity index (χ3n) is 4.14. The first kappa shape index (κ1) is 20.2. The van der Waals surface area contributed by atoms with Gasteiger partial charge in [0.1, 0.15) is 5.75 Å². The number of imidazole rings is 1. The molecule has 0 saturated carbocycles. The third kappa shape index (κ3) is 4.67. The van der Waals surface area contributed by atoms with E-state index in [2.05, 4.69) is 50.6 Å². The molecule has 7 nitrogen and oxygen atoms in total. The van der Waals surface area contributed by atoms with E-state index in [0.29, 0.717) is 23.2 Å². The molecule has 0 aliphatic heterocycles. The van der Waals surface area contributed by atoms with Gasteiger partial charge in [0.25, 0.3) is 0 Å². The Hall–Kier alpha value is -2.49. The third-order valence-corrected chi connectivity index (χ3v) is 5.11. The monoisotopic (exact) mass is 408 g/mol. The Morgan fingerprint density at radius 2 is 1.86 bits per heavy atom. The molecular formula is C18H22F2N6OS. The van der Waals surface area contributed by atoms with Crippen molar-refractivity contribution in [3.8, 4) is 11.4 Å². The van der Waals surface area contributed by atoms with E-state index in [4.69, 9.17) is 0 Å². The number of halogens is 2. The highest BCUT2D eigenvalue weighted by molar-refractivity contribution is 7.98. The molecule has 0 N–H and O–H groups in total. The van der Waals surface area contributed by atoms with E-state index in [0.717, 1.165) is 23.1 Å². The van der Waals surface area contributed by atoms with Crippen molar-refractivity contribution in [2.75, 3.05) is 0 Å². The standard InChI is InChI=1S/C18H22F2N6OS/c1-11(2)9-25-13(4)12(3)21-18(25)28-10-16-22-23-24-26(16)14-5-7-15(8-6-14)27-17(19)20/h5-8,11,17H,9-10H2,1-4H3. The highest BCUT2D eigenvalue weighted by Gasteiger charge is 2.16. The molecule has 0 fully saturated rings. The smallest absolute Gasteiger partial charge is 0.387 e. The lowest BCUT2D eigenvalue weighted by molar-refractivity contribution is -0.0498. The molecule has 0 radical (unpaired) electrons. The molecule has 3 aromatic rings. The SMILES string of the molecule is Cc1nc(SCc2nnnn2-c2ccc(OC(F)F)cc2)n(CC(C)C)c1C. The Morgan fingerprint density at radius 1 is 1.14 bits per heavy atom. The predicted octanol–water partition coefficient (Wildman–Crippen LogP) is 4.03. The van der Waals surface area contributed by atoms with Crippen LogP contribution in [0.4, 0.5) is 8.78 Å². The first-order valence-electron chi connectivity index (χ1n) is 8.84. The van der Waals surface area contributed by atoms with Crippen molar-refractivity contribution in [1.29, 1.82) is 0 Å². The summed E-state index contributed by atoms with van der Waals surface area (Å²) < 4.78 is 32.7. The average Bonchev–Trinajstić information content (AvgIpc) is 3.20. The van der Waals surface area contributed by atoms with Crippen molar-refractivity contribution < 1.29 is 13.5 Å². The molecule has 2 heterocycles. The van der Waals surface area contributed by atoms with E-state index in [1.807, 2.05) is 6.92 Å². The van der Waals surface area contributed by atoms with Crippen molar-refractivity contribution in [3.05, 3.63) is 41.5 Å². The molecular weight excluding hydrogens is 386 g/mol. The van der Waals surface area contributed by atoms with Crippen LogP contribution in [-0.4, -0.2) is 36.4 Å². The van der Waals surface area contributed by atoms with E-state index in [1.165, 1.54) is 12.1 Å². The van der Waals surface area contributed by atoms with E-state index in [9.17, 15) is 8.78 Å². The summed E-state index contributed by atoms with van der Waals surface area (Å²) >= 11 is 1.57. The summed E-state index contributed by atoms with van der Waals surface area (Å²) in [4.78, 5) is 4.66. The summed E-state index contributed by atoms with van der Waals surface area (Å²) in [6.07, 6.45) is 0. The van der Waals surface area contributed by atoms with E-state index >= 15 is 0 Å². The van der Waals surface area contributed by atoms with Gasteiger partial charge in [-0.3, -0.25) is 0 Å². The van der Waals surface area contributed by atoms with Crippen LogP contribution < -0.4 is 4.74 Å². The van der Waals surface area contributed by atoms with Gasteiger partial charge < -0.3 is 9.30 Å². The number of hydrogen-bond acceptors (Lipinski definition) is 6. The molecule has 0 spiro atoms. The molecule has 0 aliphatic rings. The predicted molar refractivity (Wildman–Crippen MR) is 102 cm³/mol. The van der Waals surface area contributed by atoms with Crippen LogP contribution in [0, 0.1) is 19.8 Å². The van der Waals surface area contributed by atoms with Gasteiger partial charge >= 0.3 is 6.61 Å². The summed E-state index contributed by atoms with van der Waals surface area (Å²) in [6, 6.07) is 6.19. The van der Waals surface area contributed by atoms with Crippen LogP contribution >= 0.6 is 11.8 Å². The zero-order chi connectivity index (χ0) is 20.3. The lowest BCUT2D eigenvalue weighted by atomic mass is 10.2. The maximum atomic E-state index is 12.3. The molecule has 3 rings (SSSR count). The minimum absolute atomic E-state index is 0.0874. The van der Waals surface area contributed by atoms with Gasteiger partial charge in [-0.1, -0.05) is 25.6 Å². The van der Waals surface area contributed by atoms with Crippen LogP contribution in [-0.2, 0) is 12.3 Å². The lowest BCUT2D eigenvalue weighted by Crippen LogP contribution is -2.08. The Morgan fingerprint density at radius 3 is 2.50 bits per heavy atom. The van der Waals surface area contributed by atoms with Crippen molar-refractivity contribution in [2.24, 2.45) is 5.92 Å². The summed E-state index contributed by atoms with van der Waals surface area (Å²) in [5, 5.41) is 12.8. The second kappa shape index (κ2) is 8.68. The largest absolute Gasteiger partial charge is 0.435 e. The molecule has 0 bridgehead atoms. The normalized spacial score (nSPS) is 11.6. The molecule has 28 heavy (non-hydrogen) atoms.